The van der Waals surface area contributed by atoms with Crippen LogP contribution in [0, 0.1) is 14.1 Å². The highest BCUT2D eigenvalue weighted by Gasteiger charge is 2.09. The summed E-state index contributed by atoms with van der Waals surface area (Å²) in [5, 5.41) is 22.3. The third kappa shape index (κ3) is 7.35. The van der Waals surface area contributed by atoms with Crippen molar-refractivity contribution in [2.75, 3.05) is 5.75 Å². The van der Waals surface area contributed by atoms with Crippen LogP contribution in [-0.4, -0.2) is 33.2 Å². The number of phenolic OH excluding ortho intramolecular Hbond substituents is 1. The second kappa shape index (κ2) is 11.6. The van der Waals surface area contributed by atoms with Gasteiger partial charge in [-0.05, 0) is 69.8 Å². The first-order chi connectivity index (χ1) is 14.4. The van der Waals surface area contributed by atoms with Crippen LogP contribution >= 0.6 is 80.0 Å². The van der Waals surface area contributed by atoms with Gasteiger partial charge in [0.05, 0.1) is 15.5 Å². The number of aromatic hydroxyl groups is 1. The number of carbonyl (C=O) groups is 1. The zero-order valence-corrected chi connectivity index (χ0v) is 22.4. The van der Waals surface area contributed by atoms with E-state index < -0.39 is 0 Å². The number of thioether (sulfide) groups is 2. The lowest BCUT2D eigenvalue weighted by Gasteiger charge is -2.03. The Hall–Kier alpha value is -0.900. The molecule has 0 atom stereocenters. The minimum absolute atomic E-state index is 0.146. The van der Waals surface area contributed by atoms with Crippen molar-refractivity contribution in [3.8, 4) is 5.75 Å². The van der Waals surface area contributed by atoms with Crippen LogP contribution in [-0.2, 0) is 10.5 Å². The molecule has 0 aliphatic rings. The van der Waals surface area contributed by atoms with E-state index in [1.54, 1.807) is 17.8 Å². The summed E-state index contributed by atoms with van der Waals surface area (Å²) in [7, 11) is 0. The zero-order valence-electron chi connectivity index (χ0n) is 15.6. The maximum absolute atomic E-state index is 12.0. The van der Waals surface area contributed by atoms with Gasteiger partial charge in [0.25, 0.3) is 5.91 Å². The van der Waals surface area contributed by atoms with E-state index in [2.05, 4.69) is 97.1 Å². The molecule has 0 saturated heterocycles. The monoisotopic (exact) mass is 682 g/mol. The highest BCUT2D eigenvalue weighted by atomic mass is 127. The van der Waals surface area contributed by atoms with E-state index in [-0.39, 0.29) is 17.4 Å². The summed E-state index contributed by atoms with van der Waals surface area (Å²) in [6.45, 7) is 2.07. The normalized spacial score (nSPS) is 11.2. The van der Waals surface area contributed by atoms with Crippen LogP contribution in [0.2, 0.25) is 0 Å². The Bertz CT molecular complexity index is 1060. The Morgan fingerprint density at radius 3 is 2.63 bits per heavy atom. The number of hydrogen-bond donors (Lipinski definition) is 2. The third-order valence-corrected chi connectivity index (χ3v) is 8.35. The number of rotatable bonds is 8. The van der Waals surface area contributed by atoms with Crippen LogP contribution in [0.5, 0.6) is 5.75 Å². The summed E-state index contributed by atoms with van der Waals surface area (Å²) in [6, 6.07) is 12.1. The minimum Gasteiger partial charge on any atom is -0.506 e. The molecule has 1 heterocycles. The highest BCUT2D eigenvalue weighted by Crippen LogP contribution is 2.30. The molecule has 3 rings (SSSR count). The van der Waals surface area contributed by atoms with E-state index in [1.807, 2.05) is 6.07 Å². The van der Waals surface area contributed by atoms with Gasteiger partial charge in [0.2, 0.25) is 0 Å². The van der Waals surface area contributed by atoms with Crippen molar-refractivity contribution in [1.29, 1.82) is 0 Å². The van der Waals surface area contributed by atoms with E-state index in [1.165, 1.54) is 40.4 Å². The smallest absolute Gasteiger partial charge is 0.250 e. The van der Waals surface area contributed by atoms with Gasteiger partial charge in [0.1, 0.15) is 5.75 Å². The van der Waals surface area contributed by atoms with E-state index >= 15 is 0 Å². The Kier molecular flexibility index (Phi) is 9.22. The minimum atomic E-state index is -0.250. The molecule has 0 bridgehead atoms. The van der Waals surface area contributed by atoms with Gasteiger partial charge in [-0.25, -0.2) is 5.43 Å². The lowest BCUT2D eigenvalue weighted by Crippen LogP contribution is -2.19. The molecule has 1 aromatic heterocycles. The molecule has 2 N–H and O–H groups in total. The van der Waals surface area contributed by atoms with Gasteiger partial charge in [0, 0.05) is 14.9 Å². The molecule has 0 radical (unpaired) electrons. The number of aryl methyl sites for hydroxylation is 1. The number of benzene rings is 2. The first kappa shape index (κ1) is 23.8. The van der Waals surface area contributed by atoms with Crippen molar-refractivity contribution in [2.45, 2.75) is 21.4 Å². The number of nitrogens with one attached hydrogen (secondary N) is 1. The molecule has 0 aliphatic carbocycles. The van der Waals surface area contributed by atoms with Gasteiger partial charge < -0.3 is 5.11 Å². The lowest BCUT2D eigenvalue weighted by molar-refractivity contribution is -0.118. The number of carbonyl (C=O) groups excluding carboxylic acids is 1. The van der Waals surface area contributed by atoms with Crippen LogP contribution in [0.3, 0.4) is 0 Å². The van der Waals surface area contributed by atoms with Crippen LogP contribution in [0.1, 0.15) is 16.7 Å². The van der Waals surface area contributed by atoms with Crippen LogP contribution in [0.25, 0.3) is 0 Å². The fourth-order valence-corrected chi connectivity index (χ4v) is 6.82. The molecule has 1 amide bonds. The van der Waals surface area contributed by atoms with Crippen LogP contribution < -0.4 is 5.43 Å². The average molecular weight is 682 g/mol. The maximum Gasteiger partial charge on any atom is 0.250 e. The summed E-state index contributed by atoms with van der Waals surface area (Å²) in [5.41, 5.74) is 5.50. The number of amides is 1. The van der Waals surface area contributed by atoms with Crippen molar-refractivity contribution < 1.29 is 9.90 Å². The Labute approximate surface area is 214 Å². The molecule has 0 spiro atoms. The van der Waals surface area contributed by atoms with Crippen molar-refractivity contribution in [3.63, 3.8) is 0 Å². The topological polar surface area (TPSA) is 87.5 Å². The molecule has 3 aromatic rings. The fraction of sp³-hybridized carbons (Fsp3) is 0.158. The number of nitrogens with zero attached hydrogens (tertiary/aromatic N) is 3. The molecule has 0 unspecified atom stereocenters. The van der Waals surface area contributed by atoms with Crippen molar-refractivity contribution >= 4 is 92.2 Å². The highest BCUT2D eigenvalue weighted by molar-refractivity contribution is 14.1. The molecule has 156 valence electrons. The number of hydrazone groups is 1. The summed E-state index contributed by atoms with van der Waals surface area (Å²) in [4.78, 5) is 12.0. The lowest BCUT2D eigenvalue weighted by atomic mass is 10.2. The number of aromatic nitrogens is 2. The van der Waals surface area contributed by atoms with Gasteiger partial charge in [-0.2, -0.15) is 5.10 Å². The van der Waals surface area contributed by atoms with Gasteiger partial charge in [-0.3, -0.25) is 4.79 Å². The molecular weight excluding hydrogens is 666 g/mol. The molecule has 11 heteroatoms. The Balaban J connectivity index is 1.44. The van der Waals surface area contributed by atoms with Gasteiger partial charge in [-0.1, -0.05) is 64.7 Å². The van der Waals surface area contributed by atoms with Crippen LogP contribution in [0.15, 0.2) is 50.2 Å². The van der Waals surface area contributed by atoms with Crippen molar-refractivity contribution in [2.24, 2.45) is 5.10 Å². The van der Waals surface area contributed by atoms with Gasteiger partial charge >= 0.3 is 0 Å². The summed E-state index contributed by atoms with van der Waals surface area (Å²) in [6.07, 6.45) is 1.44. The van der Waals surface area contributed by atoms with E-state index in [0.717, 1.165) is 21.6 Å². The van der Waals surface area contributed by atoms with Gasteiger partial charge in [-0.15, -0.1) is 10.2 Å². The number of halogens is 2. The summed E-state index contributed by atoms with van der Waals surface area (Å²) < 4.78 is 3.33. The molecular formula is C19H16I2N4O2S3. The molecule has 2 aromatic carbocycles. The second-order valence-corrected chi connectivity index (χ2v) is 11.8. The summed E-state index contributed by atoms with van der Waals surface area (Å²) in [5.74, 6) is 0.914. The SMILES string of the molecule is Cc1ccc(CSc2nnc(SCC(=O)N/N=C/c3cc(I)cc(I)c3O)s2)cc1. The van der Waals surface area contributed by atoms with Crippen molar-refractivity contribution in [1.82, 2.24) is 15.6 Å². The van der Waals surface area contributed by atoms with E-state index in [9.17, 15) is 9.90 Å². The molecule has 0 fully saturated rings. The van der Waals surface area contributed by atoms with E-state index in [4.69, 9.17) is 0 Å². The molecule has 30 heavy (non-hydrogen) atoms. The Morgan fingerprint density at radius 2 is 1.90 bits per heavy atom. The average Bonchev–Trinajstić information content (AvgIpc) is 3.17. The largest absolute Gasteiger partial charge is 0.506 e. The quantitative estimate of drug-likeness (QED) is 0.145. The maximum atomic E-state index is 12.0. The third-order valence-electron chi connectivity index (χ3n) is 3.65. The fourth-order valence-electron chi connectivity index (χ4n) is 2.16. The molecule has 6 nitrogen and oxygen atoms in total. The zero-order chi connectivity index (χ0) is 21.5. The number of phenols is 1. The number of hydrogen-bond acceptors (Lipinski definition) is 8. The second-order valence-electron chi connectivity index (χ2n) is 6.02. The first-order valence-corrected chi connectivity index (χ1v) is 13.5. The van der Waals surface area contributed by atoms with Crippen LogP contribution in [0.4, 0.5) is 0 Å². The molecule has 0 saturated carbocycles. The van der Waals surface area contributed by atoms with Gasteiger partial charge in [0.15, 0.2) is 8.68 Å². The molecule has 0 aliphatic heterocycles. The predicted octanol–water partition coefficient (Wildman–Crippen LogP) is 5.30. The standard InChI is InChI=1S/C19H16I2N4O2S3/c1-11-2-4-12(5-3-11)9-28-18-24-25-19(30-18)29-10-16(26)23-22-8-13-6-14(20)7-15(21)17(13)27/h2-8,27H,9-10H2,1H3,(H,23,26)/b22-8+. The Morgan fingerprint density at radius 1 is 1.20 bits per heavy atom. The predicted molar refractivity (Wildman–Crippen MR) is 141 cm³/mol. The summed E-state index contributed by atoms with van der Waals surface area (Å²) >= 11 is 8.64. The first-order valence-electron chi connectivity index (χ1n) is 8.55. The van der Waals surface area contributed by atoms with E-state index in [0.29, 0.717) is 5.56 Å². The van der Waals surface area contributed by atoms with Crippen molar-refractivity contribution in [3.05, 3.63) is 60.2 Å².